The van der Waals surface area contributed by atoms with E-state index in [0.717, 1.165) is 48.6 Å². The number of carbonyl (C=O) groups is 1. The normalized spacial score (nSPS) is 21.8. The summed E-state index contributed by atoms with van der Waals surface area (Å²) in [5, 5.41) is 7.13. The van der Waals surface area contributed by atoms with Crippen LogP contribution in [0.3, 0.4) is 0 Å². The monoisotopic (exact) mass is 489 g/mol. The number of anilines is 1. The molecule has 8 heteroatoms. The van der Waals surface area contributed by atoms with E-state index < -0.39 is 0 Å². The van der Waals surface area contributed by atoms with Crippen molar-refractivity contribution < 1.29 is 9.53 Å². The molecular formula is C27H31N5O2S. The SMILES string of the molecule is Cc1cccc(NC(=O)CCN2C(=S)N[C@@H](c3ccccn3)[C@@H]2c2cccn2C[C@@H]2CCCO2)c1. The molecular weight excluding hydrogens is 458 g/mol. The summed E-state index contributed by atoms with van der Waals surface area (Å²) in [7, 11) is 0. The Balaban J connectivity index is 1.37. The van der Waals surface area contributed by atoms with E-state index in [-0.39, 0.29) is 24.1 Å². The van der Waals surface area contributed by atoms with Crippen LogP contribution in [0.2, 0.25) is 0 Å². The summed E-state index contributed by atoms with van der Waals surface area (Å²) < 4.78 is 8.18. The van der Waals surface area contributed by atoms with Crippen LogP contribution in [0.4, 0.5) is 5.69 Å². The molecule has 7 nitrogen and oxygen atoms in total. The zero-order valence-corrected chi connectivity index (χ0v) is 20.7. The summed E-state index contributed by atoms with van der Waals surface area (Å²) in [5.74, 6) is -0.0341. The topological polar surface area (TPSA) is 71.4 Å². The number of hydrogen-bond acceptors (Lipinski definition) is 4. The number of hydrogen-bond donors (Lipinski definition) is 2. The number of nitrogens with one attached hydrogen (secondary N) is 2. The Labute approximate surface area is 211 Å². The molecule has 0 spiro atoms. The highest BCUT2D eigenvalue weighted by molar-refractivity contribution is 7.80. The van der Waals surface area contributed by atoms with Crippen LogP contribution in [0.15, 0.2) is 67.0 Å². The van der Waals surface area contributed by atoms with Crippen LogP contribution >= 0.6 is 12.2 Å². The molecule has 0 unspecified atom stereocenters. The van der Waals surface area contributed by atoms with Gasteiger partial charge in [0.2, 0.25) is 5.91 Å². The Morgan fingerprint density at radius 3 is 2.91 bits per heavy atom. The number of amides is 1. The maximum atomic E-state index is 12.8. The molecule has 4 heterocycles. The summed E-state index contributed by atoms with van der Waals surface area (Å²) in [5.41, 5.74) is 3.99. The van der Waals surface area contributed by atoms with E-state index in [2.05, 4.69) is 43.4 Å². The fourth-order valence-corrected chi connectivity index (χ4v) is 5.34. The highest BCUT2D eigenvalue weighted by atomic mass is 32.1. The number of rotatable bonds is 8. The summed E-state index contributed by atoms with van der Waals surface area (Å²) in [4.78, 5) is 19.5. The van der Waals surface area contributed by atoms with Crippen LogP contribution in [0, 0.1) is 6.92 Å². The molecule has 2 aliphatic heterocycles. The molecule has 1 amide bonds. The third-order valence-electron chi connectivity index (χ3n) is 6.67. The molecule has 2 N–H and O–H groups in total. The lowest BCUT2D eigenvalue weighted by atomic mass is 10.0. The third-order valence-corrected chi connectivity index (χ3v) is 7.02. The van der Waals surface area contributed by atoms with Crippen molar-refractivity contribution in [3.8, 4) is 0 Å². The molecule has 0 saturated carbocycles. The molecule has 0 bridgehead atoms. The largest absolute Gasteiger partial charge is 0.376 e. The Hall–Kier alpha value is -3.23. The molecule has 2 fully saturated rings. The maximum Gasteiger partial charge on any atom is 0.226 e. The van der Waals surface area contributed by atoms with Crippen LogP contribution in [0.5, 0.6) is 0 Å². The van der Waals surface area contributed by atoms with Crippen molar-refractivity contribution in [1.29, 1.82) is 0 Å². The van der Waals surface area contributed by atoms with E-state index in [1.165, 1.54) is 0 Å². The minimum atomic E-state index is -0.110. The number of aryl methyl sites for hydroxylation is 1. The lowest BCUT2D eigenvalue weighted by Crippen LogP contribution is -2.33. The molecule has 0 aliphatic carbocycles. The zero-order chi connectivity index (χ0) is 24.2. The van der Waals surface area contributed by atoms with E-state index in [0.29, 0.717) is 18.1 Å². The van der Waals surface area contributed by atoms with Gasteiger partial charge in [0.1, 0.15) is 0 Å². The highest BCUT2D eigenvalue weighted by Crippen LogP contribution is 2.39. The molecule has 2 aliphatic rings. The van der Waals surface area contributed by atoms with Crippen LogP contribution < -0.4 is 10.6 Å². The number of aromatic nitrogens is 2. The maximum absolute atomic E-state index is 12.8. The predicted molar refractivity (Wildman–Crippen MR) is 140 cm³/mol. The smallest absolute Gasteiger partial charge is 0.226 e. The van der Waals surface area contributed by atoms with Gasteiger partial charge >= 0.3 is 0 Å². The first-order chi connectivity index (χ1) is 17.1. The molecule has 3 atom stereocenters. The number of thiocarbonyl (C=S) groups is 1. The number of pyridine rings is 1. The van der Waals surface area contributed by atoms with Gasteiger partial charge in [-0.1, -0.05) is 18.2 Å². The van der Waals surface area contributed by atoms with E-state index >= 15 is 0 Å². The summed E-state index contributed by atoms with van der Waals surface area (Å²) in [6.45, 7) is 4.15. The van der Waals surface area contributed by atoms with Crippen molar-refractivity contribution in [2.24, 2.45) is 0 Å². The van der Waals surface area contributed by atoms with Crippen LogP contribution in [-0.2, 0) is 16.1 Å². The van der Waals surface area contributed by atoms with Gasteiger partial charge in [-0.25, -0.2) is 0 Å². The minimum Gasteiger partial charge on any atom is -0.376 e. The van der Waals surface area contributed by atoms with Gasteiger partial charge in [0.15, 0.2) is 5.11 Å². The predicted octanol–water partition coefficient (Wildman–Crippen LogP) is 4.37. The molecule has 1 aromatic carbocycles. The fraction of sp³-hybridized carbons (Fsp3) is 0.370. The number of ether oxygens (including phenoxy) is 1. The summed E-state index contributed by atoms with van der Waals surface area (Å²) >= 11 is 5.78. The fourth-order valence-electron chi connectivity index (χ4n) is 5.01. The van der Waals surface area contributed by atoms with Gasteiger partial charge < -0.3 is 24.8 Å². The zero-order valence-electron chi connectivity index (χ0n) is 19.9. The van der Waals surface area contributed by atoms with Crippen molar-refractivity contribution in [2.75, 3.05) is 18.5 Å². The van der Waals surface area contributed by atoms with Crippen molar-refractivity contribution in [3.05, 3.63) is 83.9 Å². The van der Waals surface area contributed by atoms with E-state index in [9.17, 15) is 4.79 Å². The molecule has 35 heavy (non-hydrogen) atoms. The van der Waals surface area contributed by atoms with Crippen LogP contribution in [-0.4, -0.2) is 44.7 Å². The highest BCUT2D eigenvalue weighted by Gasteiger charge is 2.41. The standard InChI is InChI=1S/C27H31N5O2S/c1-19-7-4-8-20(17-19)29-24(33)12-15-32-26(25(30-27(32)35)22-10-2-3-13-28-22)23-11-5-14-31(23)18-21-9-6-16-34-21/h2-5,7-8,10-11,13-14,17,21,25-26H,6,9,12,15-16,18H2,1H3,(H,29,33)(H,30,35)/t21-,25-,26-/m0/s1. The van der Waals surface area contributed by atoms with Gasteiger partial charge in [-0.3, -0.25) is 9.78 Å². The lowest BCUT2D eigenvalue weighted by Gasteiger charge is -2.29. The van der Waals surface area contributed by atoms with Crippen LogP contribution in [0.25, 0.3) is 0 Å². The van der Waals surface area contributed by atoms with Crippen molar-refractivity contribution in [1.82, 2.24) is 19.8 Å². The van der Waals surface area contributed by atoms with Crippen molar-refractivity contribution in [2.45, 2.75) is 50.9 Å². The summed E-state index contributed by atoms with van der Waals surface area (Å²) in [6.07, 6.45) is 6.65. The van der Waals surface area contributed by atoms with Crippen molar-refractivity contribution >= 4 is 28.9 Å². The number of carbonyl (C=O) groups excluding carboxylic acids is 1. The summed E-state index contributed by atoms with van der Waals surface area (Å²) in [6, 6.07) is 17.8. The first kappa shape index (κ1) is 23.5. The van der Waals surface area contributed by atoms with Gasteiger partial charge in [-0.2, -0.15) is 0 Å². The first-order valence-electron chi connectivity index (χ1n) is 12.2. The Kier molecular flexibility index (Phi) is 7.11. The second-order valence-electron chi connectivity index (χ2n) is 9.21. The number of benzene rings is 1. The van der Waals surface area contributed by atoms with E-state index in [1.807, 2.05) is 49.4 Å². The van der Waals surface area contributed by atoms with Gasteiger partial charge in [-0.05, 0) is 73.9 Å². The number of nitrogens with zero attached hydrogens (tertiary/aromatic N) is 3. The second kappa shape index (κ2) is 10.6. The average molecular weight is 490 g/mol. The molecule has 3 aromatic rings. The quantitative estimate of drug-likeness (QED) is 0.458. The Bertz CT molecular complexity index is 1180. The Morgan fingerprint density at radius 1 is 1.23 bits per heavy atom. The van der Waals surface area contributed by atoms with Gasteiger partial charge in [0, 0.05) is 49.9 Å². The molecule has 2 aromatic heterocycles. The van der Waals surface area contributed by atoms with E-state index in [4.69, 9.17) is 17.0 Å². The second-order valence-corrected chi connectivity index (χ2v) is 9.59. The van der Waals surface area contributed by atoms with Crippen molar-refractivity contribution in [3.63, 3.8) is 0 Å². The van der Waals surface area contributed by atoms with E-state index in [1.54, 1.807) is 6.20 Å². The lowest BCUT2D eigenvalue weighted by molar-refractivity contribution is -0.116. The first-order valence-corrected chi connectivity index (χ1v) is 12.6. The van der Waals surface area contributed by atoms with Crippen LogP contribution in [0.1, 0.15) is 48.3 Å². The molecule has 182 valence electrons. The molecule has 0 radical (unpaired) electrons. The minimum absolute atomic E-state index is 0.0341. The van der Waals surface area contributed by atoms with Gasteiger partial charge in [0.25, 0.3) is 0 Å². The van der Waals surface area contributed by atoms with Gasteiger partial charge in [0.05, 0.1) is 23.9 Å². The third kappa shape index (κ3) is 5.39. The molecule has 5 rings (SSSR count). The molecule has 2 saturated heterocycles. The average Bonchev–Trinajstić information content (AvgIpc) is 3.59. The van der Waals surface area contributed by atoms with Gasteiger partial charge in [-0.15, -0.1) is 0 Å². The Morgan fingerprint density at radius 2 is 2.14 bits per heavy atom.